The first-order chi connectivity index (χ1) is 13.4. The summed E-state index contributed by atoms with van der Waals surface area (Å²) in [5, 5.41) is 3.55. The quantitative estimate of drug-likeness (QED) is 0.829. The Morgan fingerprint density at radius 2 is 2.00 bits per heavy atom. The number of fused-ring (bicyclic) bond motifs is 3. The number of nitrogens with one attached hydrogen (secondary N) is 1. The molecular weight excluding hydrogens is 358 g/mol. The van der Waals surface area contributed by atoms with E-state index < -0.39 is 0 Å². The molecule has 0 radical (unpaired) electrons. The smallest absolute Gasteiger partial charge is 0.327 e. The zero-order chi connectivity index (χ0) is 20.0. The van der Waals surface area contributed by atoms with E-state index in [4.69, 9.17) is 4.74 Å². The first-order valence-corrected chi connectivity index (χ1v) is 9.87. The van der Waals surface area contributed by atoms with Crippen LogP contribution in [0.2, 0.25) is 0 Å². The van der Waals surface area contributed by atoms with Gasteiger partial charge in [-0.15, -0.1) is 0 Å². The molecule has 3 aliphatic rings. The summed E-state index contributed by atoms with van der Waals surface area (Å²) in [6.07, 6.45) is 0.541. The molecule has 1 N–H and O–H groups in total. The van der Waals surface area contributed by atoms with Gasteiger partial charge in [-0.25, -0.2) is 4.79 Å². The highest BCUT2D eigenvalue weighted by atomic mass is 16.5. The van der Waals surface area contributed by atoms with Crippen molar-refractivity contribution in [2.24, 2.45) is 0 Å². The summed E-state index contributed by atoms with van der Waals surface area (Å²) in [6.45, 7) is 6.57. The van der Waals surface area contributed by atoms with Crippen LogP contribution in [-0.4, -0.2) is 85.5 Å². The van der Waals surface area contributed by atoms with Crippen LogP contribution in [0.5, 0.6) is 0 Å². The first kappa shape index (κ1) is 19.2. The summed E-state index contributed by atoms with van der Waals surface area (Å²) in [5.41, 5.74) is 3.62. The SMILES string of the molecule is COCCN1C(=O)C2C(NC3N(c4ccc(C)cc4C)CCCN23)N(C)C1=O. The summed E-state index contributed by atoms with van der Waals surface area (Å²) >= 11 is 0. The molecule has 3 unspecified atom stereocenters. The van der Waals surface area contributed by atoms with Gasteiger partial charge in [0.1, 0.15) is 18.5 Å². The molecule has 28 heavy (non-hydrogen) atoms. The summed E-state index contributed by atoms with van der Waals surface area (Å²) < 4.78 is 5.09. The van der Waals surface area contributed by atoms with E-state index in [-0.39, 0.29) is 37.0 Å². The average Bonchev–Trinajstić information content (AvgIpc) is 3.06. The van der Waals surface area contributed by atoms with Gasteiger partial charge >= 0.3 is 6.03 Å². The third-order valence-electron chi connectivity index (χ3n) is 6.05. The Labute approximate surface area is 166 Å². The fourth-order valence-electron chi connectivity index (χ4n) is 4.68. The van der Waals surface area contributed by atoms with Crippen LogP contribution in [0.1, 0.15) is 17.5 Å². The molecule has 0 aliphatic carbocycles. The lowest BCUT2D eigenvalue weighted by atomic mass is 10.1. The topological polar surface area (TPSA) is 68.4 Å². The summed E-state index contributed by atoms with van der Waals surface area (Å²) in [6, 6.07) is 5.81. The van der Waals surface area contributed by atoms with Gasteiger partial charge in [0, 0.05) is 32.9 Å². The van der Waals surface area contributed by atoms with Gasteiger partial charge < -0.3 is 14.5 Å². The zero-order valence-electron chi connectivity index (χ0n) is 17.0. The largest absolute Gasteiger partial charge is 0.383 e. The number of likely N-dealkylation sites (N-methyl/N-ethyl adjacent to an activating group) is 1. The standard InChI is InChI=1S/C20H29N5O3/c1-13-6-7-15(14(2)12-13)23-8-5-9-24-16-17(21-19(23)24)22(3)20(27)25(18(16)26)10-11-28-4/h6-7,12,16-17,19,21H,5,8-11H2,1-4H3. The highest BCUT2D eigenvalue weighted by Gasteiger charge is 2.56. The number of amides is 3. The number of anilines is 1. The minimum atomic E-state index is -0.377. The molecule has 3 heterocycles. The van der Waals surface area contributed by atoms with E-state index >= 15 is 0 Å². The van der Waals surface area contributed by atoms with Gasteiger partial charge in [-0.3, -0.25) is 19.9 Å². The predicted octanol–water partition coefficient (Wildman–Crippen LogP) is 0.937. The number of hydrogen-bond donors (Lipinski definition) is 1. The molecule has 4 rings (SSSR count). The number of aryl methyl sites for hydroxylation is 2. The van der Waals surface area contributed by atoms with E-state index in [0.29, 0.717) is 6.61 Å². The molecule has 0 bridgehead atoms. The molecule has 3 aliphatic heterocycles. The summed E-state index contributed by atoms with van der Waals surface area (Å²) in [7, 11) is 3.34. The van der Waals surface area contributed by atoms with Crippen molar-refractivity contribution in [3.8, 4) is 0 Å². The van der Waals surface area contributed by atoms with Crippen molar-refractivity contribution in [2.45, 2.75) is 38.8 Å². The second-order valence-electron chi connectivity index (χ2n) is 7.88. The van der Waals surface area contributed by atoms with Gasteiger partial charge in [-0.05, 0) is 31.9 Å². The lowest BCUT2D eigenvalue weighted by molar-refractivity contribution is -0.139. The molecule has 1 aromatic rings. The molecule has 3 saturated heterocycles. The van der Waals surface area contributed by atoms with Crippen LogP contribution in [0.3, 0.4) is 0 Å². The minimum absolute atomic E-state index is 0.105. The van der Waals surface area contributed by atoms with Crippen molar-refractivity contribution >= 4 is 17.6 Å². The van der Waals surface area contributed by atoms with Crippen LogP contribution < -0.4 is 10.2 Å². The summed E-state index contributed by atoms with van der Waals surface area (Å²) in [4.78, 5) is 33.4. The van der Waals surface area contributed by atoms with Crippen molar-refractivity contribution < 1.29 is 14.3 Å². The number of urea groups is 1. The number of carbonyl (C=O) groups is 2. The third kappa shape index (κ3) is 2.96. The number of imide groups is 1. The monoisotopic (exact) mass is 387 g/mol. The van der Waals surface area contributed by atoms with Crippen LogP contribution in [0, 0.1) is 13.8 Å². The van der Waals surface area contributed by atoms with E-state index in [0.717, 1.165) is 19.5 Å². The predicted molar refractivity (Wildman–Crippen MR) is 106 cm³/mol. The van der Waals surface area contributed by atoms with Crippen molar-refractivity contribution in [2.75, 3.05) is 45.3 Å². The molecule has 152 valence electrons. The van der Waals surface area contributed by atoms with Crippen LogP contribution in [0.15, 0.2) is 18.2 Å². The Balaban J connectivity index is 1.64. The number of nitrogens with zero attached hydrogens (tertiary/aromatic N) is 4. The fourth-order valence-corrected chi connectivity index (χ4v) is 4.68. The lowest BCUT2D eigenvalue weighted by Gasteiger charge is -2.44. The van der Waals surface area contributed by atoms with E-state index in [9.17, 15) is 9.59 Å². The second kappa shape index (κ2) is 7.35. The van der Waals surface area contributed by atoms with Crippen molar-refractivity contribution in [3.05, 3.63) is 29.3 Å². The Morgan fingerprint density at radius 3 is 2.71 bits per heavy atom. The van der Waals surface area contributed by atoms with E-state index in [1.807, 2.05) is 0 Å². The maximum absolute atomic E-state index is 13.2. The normalized spacial score (nSPS) is 28.0. The Kier molecular flexibility index (Phi) is 5.03. The van der Waals surface area contributed by atoms with Crippen LogP contribution in [0.4, 0.5) is 10.5 Å². The molecule has 1 aromatic carbocycles. The number of carbonyl (C=O) groups excluding carboxylic acids is 2. The molecule has 8 heteroatoms. The maximum Gasteiger partial charge on any atom is 0.327 e. The number of methoxy groups -OCH3 is 1. The third-order valence-corrected chi connectivity index (χ3v) is 6.05. The van der Waals surface area contributed by atoms with Crippen LogP contribution in [-0.2, 0) is 9.53 Å². The van der Waals surface area contributed by atoms with Crippen molar-refractivity contribution in [1.82, 2.24) is 20.0 Å². The van der Waals surface area contributed by atoms with Crippen LogP contribution >= 0.6 is 0 Å². The van der Waals surface area contributed by atoms with Gasteiger partial charge in [0.15, 0.2) is 0 Å². The minimum Gasteiger partial charge on any atom is -0.383 e. The Morgan fingerprint density at radius 1 is 1.21 bits per heavy atom. The maximum atomic E-state index is 13.2. The molecule has 8 nitrogen and oxygen atoms in total. The number of ether oxygens (including phenoxy) is 1. The molecule has 3 atom stereocenters. The molecule has 0 saturated carbocycles. The first-order valence-electron chi connectivity index (χ1n) is 9.87. The highest BCUT2D eigenvalue weighted by Crippen LogP contribution is 2.34. The van der Waals surface area contributed by atoms with Gasteiger partial charge in [0.2, 0.25) is 0 Å². The molecule has 0 spiro atoms. The lowest BCUT2D eigenvalue weighted by Crippen LogP contribution is -2.66. The van der Waals surface area contributed by atoms with E-state index in [2.05, 4.69) is 47.2 Å². The average molecular weight is 387 g/mol. The molecule has 0 aromatic heterocycles. The number of benzene rings is 1. The fraction of sp³-hybridized carbons (Fsp3) is 0.600. The molecule has 3 fully saturated rings. The van der Waals surface area contributed by atoms with Crippen molar-refractivity contribution in [3.63, 3.8) is 0 Å². The highest BCUT2D eigenvalue weighted by molar-refractivity contribution is 6.00. The van der Waals surface area contributed by atoms with Gasteiger partial charge in [-0.1, -0.05) is 17.7 Å². The second-order valence-corrected chi connectivity index (χ2v) is 7.88. The Bertz CT molecular complexity index is 785. The Hall–Kier alpha value is -2.16. The van der Waals surface area contributed by atoms with Crippen LogP contribution in [0.25, 0.3) is 0 Å². The summed E-state index contributed by atoms with van der Waals surface area (Å²) in [5.74, 6) is -0.136. The molecule has 3 amide bonds. The van der Waals surface area contributed by atoms with E-state index in [1.54, 1.807) is 19.1 Å². The van der Waals surface area contributed by atoms with Crippen molar-refractivity contribution in [1.29, 1.82) is 0 Å². The van der Waals surface area contributed by atoms with E-state index in [1.165, 1.54) is 21.7 Å². The number of rotatable bonds is 4. The number of hydrogen-bond acceptors (Lipinski definition) is 6. The van der Waals surface area contributed by atoms with Gasteiger partial charge in [0.25, 0.3) is 5.91 Å². The molecular formula is C20H29N5O3. The zero-order valence-corrected chi connectivity index (χ0v) is 17.0. The van der Waals surface area contributed by atoms with Gasteiger partial charge in [0.05, 0.1) is 13.2 Å². The van der Waals surface area contributed by atoms with Gasteiger partial charge in [-0.2, -0.15) is 0 Å².